The van der Waals surface area contributed by atoms with Gasteiger partial charge in [-0.15, -0.1) is 0 Å². The minimum atomic E-state index is -0.596. The van der Waals surface area contributed by atoms with E-state index in [9.17, 15) is 19.7 Å². The SMILES string of the molecule is Cc1oc2ccc(OCc3ccccc3)cc2c1C(=O)Oc1ccc(C(=O)/C=C/c2cccc([N+](=O)[O-])c2)cc1. The van der Waals surface area contributed by atoms with Crippen molar-refractivity contribution in [1.82, 2.24) is 0 Å². The van der Waals surface area contributed by atoms with Crippen LogP contribution in [-0.4, -0.2) is 16.7 Å². The molecule has 5 aromatic rings. The molecule has 0 aliphatic heterocycles. The van der Waals surface area contributed by atoms with Gasteiger partial charge in [0.15, 0.2) is 5.78 Å². The number of non-ortho nitro benzene ring substituents is 1. The summed E-state index contributed by atoms with van der Waals surface area (Å²) in [4.78, 5) is 36.1. The third-order valence-corrected chi connectivity index (χ3v) is 6.15. The minimum Gasteiger partial charge on any atom is -0.489 e. The number of nitro benzene ring substituents is 1. The second-order valence-electron chi connectivity index (χ2n) is 8.93. The van der Waals surface area contributed by atoms with Crippen LogP contribution in [-0.2, 0) is 6.61 Å². The summed E-state index contributed by atoms with van der Waals surface area (Å²) >= 11 is 0. The normalized spacial score (nSPS) is 11.0. The largest absolute Gasteiger partial charge is 0.489 e. The van der Waals surface area contributed by atoms with E-state index in [-0.39, 0.29) is 17.2 Å². The Balaban J connectivity index is 1.27. The first kappa shape index (κ1) is 26.1. The van der Waals surface area contributed by atoms with Crippen LogP contribution in [0, 0.1) is 17.0 Å². The summed E-state index contributed by atoms with van der Waals surface area (Å²) < 4.78 is 17.2. The Bertz CT molecular complexity index is 1730. The van der Waals surface area contributed by atoms with Gasteiger partial charge in [0.2, 0.25) is 0 Å². The smallest absolute Gasteiger partial charge is 0.347 e. The highest BCUT2D eigenvalue weighted by atomic mass is 16.6. The van der Waals surface area contributed by atoms with Crippen LogP contribution in [0.5, 0.6) is 11.5 Å². The van der Waals surface area contributed by atoms with Crippen LogP contribution in [0.1, 0.15) is 37.6 Å². The van der Waals surface area contributed by atoms with Crippen molar-refractivity contribution < 1.29 is 28.4 Å². The summed E-state index contributed by atoms with van der Waals surface area (Å²) in [7, 11) is 0. The third kappa shape index (κ3) is 5.97. The molecule has 0 amide bonds. The molecule has 8 nitrogen and oxygen atoms in total. The van der Waals surface area contributed by atoms with E-state index >= 15 is 0 Å². The second-order valence-corrected chi connectivity index (χ2v) is 8.93. The number of furan rings is 1. The number of esters is 1. The number of fused-ring (bicyclic) bond motifs is 1. The lowest BCUT2D eigenvalue weighted by Crippen LogP contribution is -2.09. The van der Waals surface area contributed by atoms with Crippen LogP contribution in [0.25, 0.3) is 17.0 Å². The fourth-order valence-corrected chi connectivity index (χ4v) is 4.14. The van der Waals surface area contributed by atoms with Crippen molar-refractivity contribution in [2.45, 2.75) is 13.5 Å². The molecule has 0 saturated heterocycles. The van der Waals surface area contributed by atoms with E-state index in [0.29, 0.717) is 45.8 Å². The lowest BCUT2D eigenvalue weighted by Gasteiger charge is -2.07. The highest BCUT2D eigenvalue weighted by Crippen LogP contribution is 2.30. The number of carbonyl (C=O) groups excluding carboxylic acids is 2. The minimum absolute atomic E-state index is 0.0580. The lowest BCUT2D eigenvalue weighted by molar-refractivity contribution is -0.384. The number of hydrogen-bond donors (Lipinski definition) is 0. The number of hydrogen-bond acceptors (Lipinski definition) is 7. The maximum absolute atomic E-state index is 13.1. The molecule has 0 radical (unpaired) electrons. The van der Waals surface area contributed by atoms with Gasteiger partial charge in [0.25, 0.3) is 5.69 Å². The predicted molar refractivity (Wildman–Crippen MR) is 150 cm³/mol. The molecule has 0 aliphatic carbocycles. The molecular formula is C32H23NO7. The summed E-state index contributed by atoms with van der Waals surface area (Å²) in [5, 5.41) is 11.5. The monoisotopic (exact) mass is 533 g/mol. The van der Waals surface area contributed by atoms with E-state index in [4.69, 9.17) is 13.9 Å². The molecule has 0 N–H and O–H groups in total. The molecule has 5 rings (SSSR count). The second kappa shape index (κ2) is 11.5. The Kier molecular flexibility index (Phi) is 7.50. The number of nitro groups is 1. The number of carbonyl (C=O) groups is 2. The Morgan fingerprint density at radius 1 is 0.900 bits per heavy atom. The van der Waals surface area contributed by atoms with Crippen molar-refractivity contribution >= 4 is 34.5 Å². The number of ketones is 1. The van der Waals surface area contributed by atoms with Crippen molar-refractivity contribution in [2.24, 2.45) is 0 Å². The van der Waals surface area contributed by atoms with E-state index in [1.54, 1.807) is 49.4 Å². The summed E-state index contributed by atoms with van der Waals surface area (Å²) in [5.74, 6) is 0.366. The van der Waals surface area contributed by atoms with Gasteiger partial charge >= 0.3 is 5.97 Å². The van der Waals surface area contributed by atoms with Gasteiger partial charge in [0.1, 0.15) is 35.0 Å². The van der Waals surface area contributed by atoms with Crippen LogP contribution < -0.4 is 9.47 Å². The number of ether oxygens (including phenoxy) is 2. The molecule has 8 heteroatoms. The molecule has 4 aromatic carbocycles. The number of nitrogens with zero attached hydrogens (tertiary/aromatic N) is 1. The van der Waals surface area contributed by atoms with Crippen molar-refractivity contribution in [3.8, 4) is 11.5 Å². The maximum atomic E-state index is 13.1. The van der Waals surface area contributed by atoms with E-state index < -0.39 is 10.9 Å². The Morgan fingerprint density at radius 3 is 2.40 bits per heavy atom. The predicted octanol–water partition coefficient (Wildman–Crippen LogP) is 7.34. The van der Waals surface area contributed by atoms with Gasteiger partial charge in [0.05, 0.1) is 4.92 Å². The topological polar surface area (TPSA) is 109 Å². The van der Waals surface area contributed by atoms with E-state index in [2.05, 4.69) is 0 Å². The van der Waals surface area contributed by atoms with E-state index in [0.717, 1.165) is 5.56 Å². The van der Waals surface area contributed by atoms with Gasteiger partial charge < -0.3 is 13.9 Å². The molecule has 0 spiro atoms. The molecule has 1 aromatic heterocycles. The number of benzene rings is 4. The molecule has 0 saturated carbocycles. The van der Waals surface area contributed by atoms with Crippen LogP contribution in [0.2, 0.25) is 0 Å². The lowest BCUT2D eigenvalue weighted by atomic mass is 10.1. The summed E-state index contributed by atoms with van der Waals surface area (Å²) in [6.07, 6.45) is 2.84. The van der Waals surface area contributed by atoms with Crippen molar-refractivity contribution in [1.29, 1.82) is 0 Å². The highest BCUT2D eigenvalue weighted by molar-refractivity contribution is 6.07. The number of aryl methyl sites for hydroxylation is 1. The standard InChI is InChI=1S/C32H23NO7/c1-21-31(28-19-27(15-17-30(28)39-21)38-20-23-6-3-2-4-7-23)32(35)40-26-13-11-24(12-14-26)29(34)16-10-22-8-5-9-25(18-22)33(36)37/h2-19H,20H2,1H3/b16-10+. The van der Waals surface area contributed by atoms with Gasteiger partial charge in [-0.05, 0) is 66.6 Å². The van der Waals surface area contributed by atoms with Crippen molar-refractivity contribution in [3.05, 3.63) is 141 Å². The Morgan fingerprint density at radius 2 is 1.65 bits per heavy atom. The quantitative estimate of drug-likeness (QED) is 0.0487. The van der Waals surface area contributed by atoms with Gasteiger partial charge in [-0.1, -0.05) is 48.5 Å². The molecule has 0 fully saturated rings. The van der Waals surface area contributed by atoms with Gasteiger partial charge in [0, 0.05) is 23.1 Å². The fraction of sp³-hybridized carbons (Fsp3) is 0.0625. The third-order valence-electron chi connectivity index (χ3n) is 6.15. The molecule has 0 atom stereocenters. The summed E-state index contributed by atoms with van der Waals surface area (Å²) in [6, 6.07) is 27.2. The molecule has 198 valence electrons. The maximum Gasteiger partial charge on any atom is 0.347 e. The zero-order chi connectivity index (χ0) is 28.1. The van der Waals surface area contributed by atoms with Crippen LogP contribution in [0.15, 0.2) is 108 Å². The zero-order valence-corrected chi connectivity index (χ0v) is 21.4. The van der Waals surface area contributed by atoms with Gasteiger partial charge in [-0.2, -0.15) is 0 Å². The Hall–Kier alpha value is -5.50. The van der Waals surface area contributed by atoms with Crippen molar-refractivity contribution in [3.63, 3.8) is 0 Å². The molecule has 1 heterocycles. The van der Waals surface area contributed by atoms with E-state index in [1.807, 2.05) is 30.3 Å². The summed E-state index contributed by atoms with van der Waals surface area (Å²) in [5.41, 5.74) is 2.69. The first-order chi connectivity index (χ1) is 19.4. The molecule has 0 bridgehead atoms. The highest BCUT2D eigenvalue weighted by Gasteiger charge is 2.21. The summed E-state index contributed by atoms with van der Waals surface area (Å²) in [6.45, 7) is 2.07. The Labute approximate surface area is 229 Å². The van der Waals surface area contributed by atoms with Crippen LogP contribution >= 0.6 is 0 Å². The first-order valence-electron chi connectivity index (χ1n) is 12.4. The average Bonchev–Trinajstić information content (AvgIpc) is 3.31. The first-order valence-corrected chi connectivity index (χ1v) is 12.4. The fourth-order valence-electron chi connectivity index (χ4n) is 4.14. The number of allylic oxidation sites excluding steroid dienone is 1. The average molecular weight is 534 g/mol. The zero-order valence-electron chi connectivity index (χ0n) is 21.4. The van der Waals surface area contributed by atoms with Crippen molar-refractivity contribution in [2.75, 3.05) is 0 Å². The molecule has 0 unspecified atom stereocenters. The van der Waals surface area contributed by atoms with Gasteiger partial charge in [-0.3, -0.25) is 14.9 Å². The molecular weight excluding hydrogens is 510 g/mol. The van der Waals surface area contributed by atoms with Crippen LogP contribution in [0.4, 0.5) is 5.69 Å². The molecule has 0 aliphatic rings. The van der Waals surface area contributed by atoms with Gasteiger partial charge in [-0.25, -0.2) is 4.79 Å². The number of rotatable bonds is 9. The van der Waals surface area contributed by atoms with Crippen LogP contribution in [0.3, 0.4) is 0 Å². The van der Waals surface area contributed by atoms with E-state index in [1.165, 1.54) is 36.4 Å². The molecule has 40 heavy (non-hydrogen) atoms.